The molecule has 25 heavy (non-hydrogen) atoms. The van der Waals surface area contributed by atoms with Crippen LogP contribution in [0.2, 0.25) is 0 Å². The number of alkyl halides is 3. The van der Waals surface area contributed by atoms with Crippen molar-refractivity contribution in [2.24, 2.45) is 5.73 Å². The lowest BCUT2D eigenvalue weighted by Crippen LogP contribution is -2.25. The van der Waals surface area contributed by atoms with E-state index >= 15 is 0 Å². The third kappa shape index (κ3) is 3.38. The zero-order chi connectivity index (χ0) is 18.2. The highest BCUT2D eigenvalue weighted by molar-refractivity contribution is 7.18. The van der Waals surface area contributed by atoms with E-state index in [1.54, 1.807) is 24.3 Å². The number of carbonyl (C=O) groups excluding carboxylic acids is 1. The number of primary amides is 1. The second kappa shape index (κ2) is 6.28. The molecule has 0 radical (unpaired) electrons. The highest BCUT2D eigenvalue weighted by atomic mass is 32.1. The molecule has 10 heteroatoms. The molecule has 2 heterocycles. The molecule has 1 unspecified atom stereocenters. The molecule has 1 aromatic carbocycles. The van der Waals surface area contributed by atoms with Crippen LogP contribution in [0.1, 0.15) is 22.4 Å². The maximum absolute atomic E-state index is 13.0. The van der Waals surface area contributed by atoms with E-state index in [9.17, 15) is 18.0 Å². The van der Waals surface area contributed by atoms with Gasteiger partial charge in [-0.25, -0.2) is 9.97 Å². The number of rotatable bonds is 4. The summed E-state index contributed by atoms with van der Waals surface area (Å²) in [6.45, 7) is 0. The van der Waals surface area contributed by atoms with Gasteiger partial charge in [0.15, 0.2) is 11.5 Å². The summed E-state index contributed by atoms with van der Waals surface area (Å²) in [7, 11) is 1.17. The summed E-state index contributed by atoms with van der Waals surface area (Å²) in [5.74, 6) is -2.93. The summed E-state index contributed by atoms with van der Waals surface area (Å²) in [6.07, 6.45) is -4.72. The number of methoxy groups -OCH3 is 1. The number of fused-ring (bicyclic) bond motifs is 1. The number of nitrogens with two attached hydrogens (primary N) is 1. The number of ether oxygens (including phenoxy) is 1. The first-order valence-electron chi connectivity index (χ1n) is 6.94. The number of carbonyl (C=O) groups is 1. The molecule has 130 valence electrons. The van der Waals surface area contributed by atoms with Gasteiger partial charge in [0, 0.05) is 6.07 Å². The van der Waals surface area contributed by atoms with Gasteiger partial charge in [-0.15, -0.1) is 11.3 Å². The van der Waals surface area contributed by atoms with E-state index in [1.165, 1.54) is 7.11 Å². The number of hydrogen-bond donors (Lipinski definition) is 1. The van der Waals surface area contributed by atoms with Crippen molar-refractivity contribution in [2.75, 3.05) is 7.11 Å². The Morgan fingerprint density at radius 2 is 1.96 bits per heavy atom. The van der Waals surface area contributed by atoms with Gasteiger partial charge in [0.05, 0.1) is 17.3 Å². The number of halogens is 3. The molecular weight excluding hydrogens is 357 g/mol. The number of aromatic nitrogens is 3. The number of hydrogen-bond acceptors (Lipinski definition) is 6. The first kappa shape index (κ1) is 17.1. The lowest BCUT2D eigenvalue weighted by atomic mass is 10.1. The molecule has 0 aliphatic carbocycles. The predicted octanol–water partition coefficient (Wildman–Crippen LogP) is 2.73. The van der Waals surface area contributed by atoms with Gasteiger partial charge in [-0.2, -0.15) is 18.2 Å². The van der Waals surface area contributed by atoms with Gasteiger partial charge >= 0.3 is 6.18 Å². The van der Waals surface area contributed by atoms with Crippen molar-refractivity contribution in [3.05, 3.63) is 46.9 Å². The van der Waals surface area contributed by atoms with Crippen molar-refractivity contribution >= 4 is 27.5 Å². The van der Waals surface area contributed by atoms with Crippen LogP contribution < -0.4 is 10.5 Å². The maximum atomic E-state index is 13.0. The molecule has 2 N–H and O–H groups in total. The van der Waals surface area contributed by atoms with Crippen LogP contribution in [0.5, 0.6) is 5.88 Å². The summed E-state index contributed by atoms with van der Waals surface area (Å²) in [6, 6.07) is 7.70. The normalized spacial score (nSPS) is 13.0. The van der Waals surface area contributed by atoms with Gasteiger partial charge in [-0.1, -0.05) is 12.1 Å². The standard InChI is InChI=1S/C15H11F3N4O2S/c1-24-10-6-9(15(16,17)18)21-13(22-10)11(12(19)23)14-20-7-4-2-3-5-8(7)25-14/h2-6,11H,1H3,(H2,19,23). The zero-order valence-electron chi connectivity index (χ0n) is 12.7. The molecule has 0 saturated heterocycles. The van der Waals surface area contributed by atoms with Crippen molar-refractivity contribution in [1.82, 2.24) is 15.0 Å². The maximum Gasteiger partial charge on any atom is 0.433 e. The molecular formula is C15H11F3N4O2S. The molecule has 3 rings (SSSR count). The Labute approximate surface area is 143 Å². The molecule has 6 nitrogen and oxygen atoms in total. The van der Waals surface area contributed by atoms with Crippen LogP contribution in [0, 0.1) is 0 Å². The summed E-state index contributed by atoms with van der Waals surface area (Å²) >= 11 is 1.14. The van der Waals surface area contributed by atoms with Crippen molar-refractivity contribution in [2.45, 2.75) is 12.1 Å². The van der Waals surface area contributed by atoms with Crippen LogP contribution in [0.15, 0.2) is 30.3 Å². The lowest BCUT2D eigenvalue weighted by molar-refractivity contribution is -0.141. The van der Waals surface area contributed by atoms with Crippen LogP contribution in [-0.4, -0.2) is 28.0 Å². The fourth-order valence-corrected chi connectivity index (χ4v) is 3.27. The number of para-hydroxylation sites is 1. The molecule has 1 atom stereocenters. The van der Waals surface area contributed by atoms with Crippen molar-refractivity contribution in [1.29, 1.82) is 0 Å². The predicted molar refractivity (Wildman–Crippen MR) is 84.2 cm³/mol. The van der Waals surface area contributed by atoms with Gasteiger partial charge in [-0.05, 0) is 12.1 Å². The minimum Gasteiger partial charge on any atom is -0.481 e. The van der Waals surface area contributed by atoms with Gasteiger partial charge in [0.1, 0.15) is 10.9 Å². The smallest absolute Gasteiger partial charge is 0.433 e. The van der Waals surface area contributed by atoms with Crippen LogP contribution >= 0.6 is 11.3 Å². The van der Waals surface area contributed by atoms with Crippen LogP contribution in [0.3, 0.4) is 0 Å². The van der Waals surface area contributed by atoms with Gasteiger partial charge in [0.25, 0.3) is 0 Å². The minimum atomic E-state index is -4.72. The monoisotopic (exact) mass is 368 g/mol. The van der Waals surface area contributed by atoms with Gasteiger partial charge in [0.2, 0.25) is 11.8 Å². The summed E-state index contributed by atoms with van der Waals surface area (Å²) in [5, 5.41) is 0.218. The van der Waals surface area contributed by atoms with Crippen LogP contribution in [0.25, 0.3) is 10.2 Å². The van der Waals surface area contributed by atoms with E-state index in [4.69, 9.17) is 10.5 Å². The Kier molecular flexibility index (Phi) is 4.29. The average Bonchev–Trinajstić information content (AvgIpc) is 2.96. The molecule has 1 amide bonds. The fraction of sp³-hybridized carbons (Fsp3) is 0.200. The largest absolute Gasteiger partial charge is 0.481 e. The van der Waals surface area contributed by atoms with E-state index in [0.717, 1.165) is 16.0 Å². The minimum absolute atomic E-state index is 0.218. The van der Waals surface area contributed by atoms with Crippen molar-refractivity contribution < 1.29 is 22.7 Å². The topological polar surface area (TPSA) is 91.0 Å². The van der Waals surface area contributed by atoms with Gasteiger partial charge in [-0.3, -0.25) is 4.79 Å². The Hall–Kier alpha value is -2.75. The highest BCUT2D eigenvalue weighted by Crippen LogP contribution is 2.34. The van der Waals surface area contributed by atoms with Crippen molar-refractivity contribution in [3.63, 3.8) is 0 Å². The number of amides is 1. The fourth-order valence-electron chi connectivity index (χ4n) is 2.19. The summed E-state index contributed by atoms with van der Waals surface area (Å²) < 4.78 is 44.7. The third-order valence-electron chi connectivity index (χ3n) is 3.32. The van der Waals surface area contributed by atoms with E-state index in [2.05, 4.69) is 15.0 Å². The average molecular weight is 368 g/mol. The molecule has 0 spiro atoms. The Morgan fingerprint density at radius 3 is 2.56 bits per heavy atom. The van der Waals surface area contributed by atoms with E-state index in [-0.39, 0.29) is 10.9 Å². The number of nitrogens with zero attached hydrogens (tertiary/aromatic N) is 3. The Bertz CT molecular complexity index is 909. The highest BCUT2D eigenvalue weighted by Gasteiger charge is 2.36. The van der Waals surface area contributed by atoms with E-state index < -0.39 is 29.5 Å². The van der Waals surface area contributed by atoms with E-state index in [0.29, 0.717) is 11.6 Å². The summed E-state index contributed by atoms with van der Waals surface area (Å²) in [5.41, 5.74) is 4.78. The first-order chi connectivity index (χ1) is 11.8. The van der Waals surface area contributed by atoms with E-state index in [1.807, 2.05) is 0 Å². The van der Waals surface area contributed by atoms with Gasteiger partial charge < -0.3 is 10.5 Å². The first-order valence-corrected chi connectivity index (χ1v) is 7.76. The molecule has 0 bridgehead atoms. The lowest BCUT2D eigenvalue weighted by Gasteiger charge is -2.13. The number of benzene rings is 1. The molecule has 0 aliphatic heterocycles. The van der Waals surface area contributed by atoms with Crippen LogP contribution in [-0.2, 0) is 11.0 Å². The molecule has 3 aromatic rings. The van der Waals surface area contributed by atoms with Crippen LogP contribution in [0.4, 0.5) is 13.2 Å². The molecule has 0 aliphatic rings. The number of thiazole rings is 1. The second-order valence-electron chi connectivity index (χ2n) is 5.01. The SMILES string of the molecule is COc1cc(C(F)(F)F)nc(C(C(N)=O)c2nc3ccccc3s2)n1. The zero-order valence-corrected chi connectivity index (χ0v) is 13.6. The Balaban J connectivity index is 2.16. The molecule has 0 fully saturated rings. The second-order valence-corrected chi connectivity index (χ2v) is 6.07. The third-order valence-corrected chi connectivity index (χ3v) is 4.42. The summed E-state index contributed by atoms with van der Waals surface area (Å²) in [4.78, 5) is 23.5. The molecule has 2 aromatic heterocycles. The quantitative estimate of drug-likeness (QED) is 0.765. The van der Waals surface area contributed by atoms with Crippen molar-refractivity contribution in [3.8, 4) is 5.88 Å². The Morgan fingerprint density at radius 1 is 1.24 bits per heavy atom. The molecule has 0 saturated carbocycles.